The van der Waals surface area contributed by atoms with Gasteiger partial charge >= 0.3 is 11.9 Å². The summed E-state index contributed by atoms with van der Waals surface area (Å²) >= 11 is 0. The van der Waals surface area contributed by atoms with Crippen LogP contribution in [0, 0.1) is 17.2 Å². The van der Waals surface area contributed by atoms with Crippen LogP contribution in [0.15, 0.2) is 30.5 Å². The molecule has 19 N–H and O–H groups in total. The standard InChI is InChI=1S/C50H78N14O14/c1-6-26(4)40(52)47(75)60-32(16-18-39(68)69)42(70)57-24-38(67)64-20-10-14-36(64)46(74)63-41(27(5)65)48(76)61-34(21-25(2)3)45(73)58-31(13-9-19-55-50(53)54)43(71)59-33(15-17-37(51)66)44(72)62-35(49(77)78)22-28-23-56-30-12-8-7-11-29(28)30/h7-8,11-12,23,25-27,31-36,40-41,56,65H,6,9-10,13-22,24,52H2,1-5H3,(H2,51,66)(H,57,70)(H,58,73)(H,59,71)(H,60,75)(H,61,76)(H,62,72)(H,63,74)(H,68,69)(H,77,78)(H4,53,54,55)/t26-,27+,31-,32-,33-,34-,35-,36-,40-,41-/m0/s1. The second-order valence-electron chi connectivity index (χ2n) is 19.9. The van der Waals surface area contributed by atoms with Crippen molar-refractivity contribution in [3.05, 3.63) is 36.0 Å². The molecule has 1 fully saturated rings. The second-order valence-corrected chi connectivity index (χ2v) is 19.9. The number of aliphatic hydroxyl groups is 1. The third-order valence-corrected chi connectivity index (χ3v) is 13.2. The Balaban J connectivity index is 1.78. The first-order chi connectivity index (χ1) is 36.7. The van der Waals surface area contributed by atoms with Gasteiger partial charge in [-0.3, -0.25) is 53.4 Å². The summed E-state index contributed by atoms with van der Waals surface area (Å²) in [5.74, 6) is -11.4. The Morgan fingerprint density at radius 1 is 0.744 bits per heavy atom. The number of carbonyl (C=O) groups is 11. The lowest BCUT2D eigenvalue weighted by Gasteiger charge is -2.30. The zero-order valence-corrected chi connectivity index (χ0v) is 44.6. The first-order valence-corrected chi connectivity index (χ1v) is 25.9. The summed E-state index contributed by atoms with van der Waals surface area (Å²) in [6.07, 6.45) is -0.811. The smallest absolute Gasteiger partial charge is 0.326 e. The first kappa shape index (κ1) is 64.4. The van der Waals surface area contributed by atoms with Crippen molar-refractivity contribution in [1.29, 1.82) is 5.41 Å². The highest BCUT2D eigenvalue weighted by Crippen LogP contribution is 2.21. The molecule has 2 aromatic rings. The number of nitrogens with zero attached hydrogens (tertiary/aromatic N) is 1. The van der Waals surface area contributed by atoms with Crippen LogP contribution in [0.1, 0.15) is 104 Å². The number of fused-ring (bicyclic) bond motifs is 1. The molecule has 28 heteroatoms. The molecular weight excluding hydrogens is 1020 g/mol. The number of guanidine groups is 1. The van der Waals surface area contributed by atoms with E-state index in [2.05, 4.69) is 47.5 Å². The van der Waals surface area contributed by atoms with Crippen molar-refractivity contribution in [2.24, 2.45) is 29.0 Å². The van der Waals surface area contributed by atoms with Gasteiger partial charge < -0.3 is 84.9 Å². The number of hydrogen-bond acceptors (Lipinski definition) is 14. The number of aromatic amines is 1. The molecular formula is C50H78N14O14. The van der Waals surface area contributed by atoms with E-state index in [0.717, 1.165) is 15.8 Å². The molecule has 0 bridgehead atoms. The molecule has 1 aromatic carbocycles. The van der Waals surface area contributed by atoms with Gasteiger partial charge in [-0.2, -0.15) is 0 Å². The quantitative estimate of drug-likeness (QED) is 0.0192. The van der Waals surface area contributed by atoms with Gasteiger partial charge in [0.1, 0.15) is 42.3 Å². The molecule has 28 nitrogen and oxygen atoms in total. The highest BCUT2D eigenvalue weighted by Gasteiger charge is 2.39. The average Bonchev–Trinajstić information content (AvgIpc) is 4.04. The molecule has 78 heavy (non-hydrogen) atoms. The number of aliphatic carboxylic acids is 2. The van der Waals surface area contributed by atoms with Gasteiger partial charge in [0.05, 0.1) is 18.7 Å². The van der Waals surface area contributed by atoms with Crippen LogP contribution in [0.25, 0.3) is 10.9 Å². The Bertz CT molecular complexity index is 2470. The number of nitrogens with two attached hydrogens (primary N) is 3. The Labute approximate surface area is 451 Å². The molecule has 3 rings (SSSR count). The number of aliphatic hydroxyl groups excluding tert-OH is 1. The Morgan fingerprint density at radius 3 is 1.91 bits per heavy atom. The summed E-state index contributed by atoms with van der Waals surface area (Å²) in [5, 5.41) is 58.3. The fraction of sp³-hybridized carbons (Fsp3) is 0.600. The van der Waals surface area contributed by atoms with Crippen molar-refractivity contribution in [1.82, 2.24) is 52.4 Å². The van der Waals surface area contributed by atoms with Crippen molar-refractivity contribution in [3.8, 4) is 0 Å². The molecule has 0 unspecified atom stereocenters. The number of likely N-dealkylation sites (tertiary alicyclic amines) is 1. The summed E-state index contributed by atoms with van der Waals surface area (Å²) in [7, 11) is 0. The van der Waals surface area contributed by atoms with Crippen LogP contribution in [-0.4, -0.2) is 170 Å². The van der Waals surface area contributed by atoms with Gasteiger partial charge in [0.2, 0.25) is 53.2 Å². The summed E-state index contributed by atoms with van der Waals surface area (Å²) in [4.78, 5) is 149. The minimum Gasteiger partial charge on any atom is -0.481 e. The second kappa shape index (κ2) is 31.4. The third-order valence-electron chi connectivity index (χ3n) is 13.2. The van der Waals surface area contributed by atoms with Crippen molar-refractivity contribution in [2.75, 3.05) is 19.6 Å². The van der Waals surface area contributed by atoms with E-state index in [4.69, 9.17) is 22.6 Å². The molecule has 1 aliphatic heterocycles. The summed E-state index contributed by atoms with van der Waals surface area (Å²) in [5.41, 5.74) is 18.1. The Kier molecular flexibility index (Phi) is 25.9. The molecule has 0 saturated carbocycles. The minimum atomic E-state index is -1.70. The highest BCUT2D eigenvalue weighted by atomic mass is 16.4. The number of primary amides is 1. The maximum Gasteiger partial charge on any atom is 0.326 e. The molecule has 9 amide bonds. The maximum atomic E-state index is 14.2. The molecule has 2 heterocycles. The van der Waals surface area contributed by atoms with Gasteiger partial charge in [0.25, 0.3) is 0 Å². The topological polar surface area (TPSA) is 466 Å². The van der Waals surface area contributed by atoms with E-state index < -0.39 is 139 Å². The third kappa shape index (κ3) is 20.6. The van der Waals surface area contributed by atoms with Gasteiger partial charge in [-0.15, -0.1) is 0 Å². The number of carbonyl (C=O) groups excluding carboxylic acids is 9. The summed E-state index contributed by atoms with van der Waals surface area (Å²) in [6.45, 7) is 7.66. The SMILES string of the molecule is CC[C@H](C)[C@H](N)C(=O)N[C@@H](CCC(=O)O)C(=O)NCC(=O)N1CCC[C@H]1C(=O)N[C@H](C(=O)N[C@@H](CC(C)C)C(=O)N[C@@H](CCCNC(=N)N)C(=O)N[C@@H](CCC(N)=O)C(=O)N[C@@H](Cc1c[nH]c2ccccc12)C(=O)O)[C@@H](C)O. The molecule has 1 aliphatic rings. The van der Waals surface area contributed by atoms with E-state index in [1.807, 2.05) is 6.92 Å². The summed E-state index contributed by atoms with van der Waals surface area (Å²) in [6, 6.07) is -4.05. The molecule has 10 atom stereocenters. The molecule has 1 saturated heterocycles. The molecule has 1 aromatic heterocycles. The maximum absolute atomic E-state index is 14.2. The number of amides is 9. The lowest BCUT2D eigenvalue weighted by atomic mass is 9.98. The van der Waals surface area contributed by atoms with Crippen LogP contribution in [0.2, 0.25) is 0 Å². The van der Waals surface area contributed by atoms with Crippen LogP contribution in [0.3, 0.4) is 0 Å². The number of nitrogens with one attached hydrogen (secondary N) is 10. The number of hydrogen-bond donors (Lipinski definition) is 16. The average molecular weight is 1100 g/mol. The normalized spacial score (nSPS) is 16.6. The zero-order chi connectivity index (χ0) is 58.4. The van der Waals surface area contributed by atoms with E-state index in [9.17, 15) is 68.1 Å². The summed E-state index contributed by atoms with van der Waals surface area (Å²) < 4.78 is 0. The van der Waals surface area contributed by atoms with Crippen molar-refractivity contribution in [2.45, 2.75) is 160 Å². The molecule has 432 valence electrons. The van der Waals surface area contributed by atoms with Crippen LogP contribution in [-0.2, 0) is 59.2 Å². The van der Waals surface area contributed by atoms with Crippen LogP contribution < -0.4 is 59.7 Å². The number of carboxylic acid groups (broad SMARTS) is 2. The number of para-hydroxylation sites is 1. The number of rotatable bonds is 33. The van der Waals surface area contributed by atoms with Crippen LogP contribution in [0.5, 0.6) is 0 Å². The number of carboxylic acids is 2. The van der Waals surface area contributed by atoms with Crippen molar-refractivity contribution in [3.63, 3.8) is 0 Å². The van der Waals surface area contributed by atoms with Crippen LogP contribution in [0.4, 0.5) is 0 Å². The monoisotopic (exact) mass is 1100 g/mol. The first-order valence-electron chi connectivity index (χ1n) is 25.9. The Hall–Kier alpha value is -7.88. The van der Waals surface area contributed by atoms with Gasteiger partial charge in [-0.1, -0.05) is 52.3 Å². The van der Waals surface area contributed by atoms with E-state index >= 15 is 0 Å². The van der Waals surface area contributed by atoms with Gasteiger partial charge in [-0.05, 0) is 75.3 Å². The number of benzene rings is 1. The van der Waals surface area contributed by atoms with Crippen LogP contribution >= 0.6 is 0 Å². The lowest BCUT2D eigenvalue weighted by Crippen LogP contribution is -2.61. The fourth-order valence-electron chi connectivity index (χ4n) is 8.55. The van der Waals surface area contributed by atoms with Crippen molar-refractivity contribution >= 4 is 82.0 Å². The predicted molar refractivity (Wildman–Crippen MR) is 282 cm³/mol. The largest absolute Gasteiger partial charge is 0.481 e. The molecule has 0 spiro atoms. The van der Waals surface area contributed by atoms with E-state index in [-0.39, 0.29) is 75.8 Å². The number of aromatic nitrogens is 1. The number of H-pyrrole nitrogens is 1. The zero-order valence-electron chi connectivity index (χ0n) is 44.6. The van der Waals surface area contributed by atoms with Crippen molar-refractivity contribution < 1.29 is 68.1 Å². The fourth-order valence-corrected chi connectivity index (χ4v) is 8.55. The van der Waals surface area contributed by atoms with E-state index in [1.165, 1.54) is 6.92 Å². The van der Waals surface area contributed by atoms with E-state index in [1.54, 1.807) is 51.2 Å². The van der Waals surface area contributed by atoms with E-state index in [0.29, 0.717) is 18.4 Å². The van der Waals surface area contributed by atoms with Gasteiger partial charge in [0, 0.05) is 49.5 Å². The predicted octanol–water partition coefficient (Wildman–Crippen LogP) is -3.00. The van der Waals surface area contributed by atoms with Gasteiger partial charge in [0.15, 0.2) is 5.96 Å². The highest BCUT2D eigenvalue weighted by molar-refractivity contribution is 5.98. The molecule has 0 radical (unpaired) electrons. The van der Waals surface area contributed by atoms with Gasteiger partial charge in [-0.25, -0.2) is 4.79 Å². The molecule has 0 aliphatic carbocycles. The Morgan fingerprint density at radius 2 is 1.32 bits per heavy atom. The minimum absolute atomic E-state index is 0.0446. The lowest BCUT2D eigenvalue weighted by molar-refractivity contribution is -0.142.